The average molecular weight is 270 g/mol. The molecule has 0 saturated carbocycles. The summed E-state index contributed by atoms with van der Waals surface area (Å²) in [7, 11) is 0. The fourth-order valence-electron chi connectivity index (χ4n) is 3.15. The molecule has 0 aromatic heterocycles. The molecule has 1 amide bonds. The molecule has 0 aromatic rings. The smallest absolute Gasteiger partial charge is 0.222 e. The molecular weight excluding hydrogens is 244 g/mol. The largest absolute Gasteiger partial charge is 0.342 e. The van der Waals surface area contributed by atoms with Crippen molar-refractivity contribution in [1.29, 1.82) is 0 Å². The van der Waals surface area contributed by atoms with Crippen LogP contribution in [0, 0.1) is 5.92 Å². The van der Waals surface area contributed by atoms with Gasteiger partial charge in [0.25, 0.3) is 0 Å². The predicted molar refractivity (Wildman–Crippen MR) is 78.0 cm³/mol. The first-order valence-electron chi connectivity index (χ1n) is 7.33. The first-order valence-corrected chi connectivity index (χ1v) is 7.96. The summed E-state index contributed by atoms with van der Waals surface area (Å²) in [6.45, 7) is 6.59. The molecule has 104 valence electrons. The number of carbonyl (C=O) groups excluding carboxylic acids is 1. The van der Waals surface area contributed by atoms with Gasteiger partial charge < -0.3 is 9.80 Å². The zero-order valence-corrected chi connectivity index (χ0v) is 12.4. The molecule has 4 heteroatoms. The molecular formula is C14H26N2OS. The Labute approximate surface area is 116 Å². The Morgan fingerprint density at radius 2 is 2.17 bits per heavy atom. The number of piperidine rings is 1. The lowest BCUT2D eigenvalue weighted by Gasteiger charge is -2.33. The minimum absolute atomic E-state index is 0.334. The maximum atomic E-state index is 11.8. The van der Waals surface area contributed by atoms with Gasteiger partial charge in [0.1, 0.15) is 0 Å². The highest BCUT2D eigenvalue weighted by atomic mass is 32.1. The molecule has 0 aliphatic carbocycles. The molecule has 0 aromatic carbocycles. The quantitative estimate of drug-likeness (QED) is 0.773. The van der Waals surface area contributed by atoms with E-state index in [9.17, 15) is 4.79 Å². The van der Waals surface area contributed by atoms with Crippen LogP contribution in [0.5, 0.6) is 0 Å². The van der Waals surface area contributed by atoms with Crippen molar-refractivity contribution in [2.75, 3.05) is 31.9 Å². The van der Waals surface area contributed by atoms with Gasteiger partial charge in [-0.3, -0.25) is 4.79 Å². The van der Waals surface area contributed by atoms with Crippen molar-refractivity contribution in [3.05, 3.63) is 0 Å². The van der Waals surface area contributed by atoms with Crippen LogP contribution in [0.25, 0.3) is 0 Å². The zero-order chi connectivity index (χ0) is 13.0. The van der Waals surface area contributed by atoms with Crippen LogP contribution >= 0.6 is 12.6 Å². The second-order valence-electron chi connectivity index (χ2n) is 5.83. The summed E-state index contributed by atoms with van der Waals surface area (Å²) >= 11 is 4.30. The molecule has 3 nitrogen and oxygen atoms in total. The highest BCUT2D eigenvalue weighted by molar-refractivity contribution is 7.80. The number of carbonyl (C=O) groups is 1. The molecule has 2 fully saturated rings. The Morgan fingerprint density at radius 1 is 1.33 bits per heavy atom. The van der Waals surface area contributed by atoms with Crippen LogP contribution in [-0.4, -0.2) is 53.7 Å². The Morgan fingerprint density at radius 3 is 2.83 bits per heavy atom. The van der Waals surface area contributed by atoms with E-state index in [1.165, 1.54) is 25.8 Å². The van der Waals surface area contributed by atoms with Crippen molar-refractivity contribution in [1.82, 2.24) is 9.80 Å². The average Bonchev–Trinajstić information content (AvgIpc) is 2.73. The van der Waals surface area contributed by atoms with Gasteiger partial charge in [0.05, 0.1) is 0 Å². The van der Waals surface area contributed by atoms with Crippen molar-refractivity contribution in [3.63, 3.8) is 0 Å². The van der Waals surface area contributed by atoms with E-state index in [0.29, 0.717) is 18.2 Å². The number of hydrogen-bond donors (Lipinski definition) is 1. The van der Waals surface area contributed by atoms with E-state index in [1.807, 2.05) is 4.90 Å². The summed E-state index contributed by atoms with van der Waals surface area (Å²) in [5.74, 6) is 1.65. The molecule has 2 saturated heterocycles. The lowest BCUT2D eigenvalue weighted by Crippen LogP contribution is -2.39. The summed E-state index contributed by atoms with van der Waals surface area (Å²) in [6.07, 6.45) is 5.89. The van der Waals surface area contributed by atoms with Gasteiger partial charge >= 0.3 is 0 Å². The van der Waals surface area contributed by atoms with E-state index in [2.05, 4.69) is 24.5 Å². The highest BCUT2D eigenvalue weighted by Crippen LogP contribution is 2.20. The Hall–Kier alpha value is -0.220. The molecule has 2 aliphatic heterocycles. The first kappa shape index (κ1) is 14.2. The number of amides is 1. The van der Waals surface area contributed by atoms with Gasteiger partial charge in [-0.1, -0.05) is 6.42 Å². The monoisotopic (exact) mass is 270 g/mol. The van der Waals surface area contributed by atoms with E-state index in [-0.39, 0.29) is 0 Å². The van der Waals surface area contributed by atoms with Crippen LogP contribution in [0.3, 0.4) is 0 Å². The third kappa shape index (κ3) is 3.64. The minimum Gasteiger partial charge on any atom is -0.342 e. The number of hydrogen-bond acceptors (Lipinski definition) is 3. The van der Waals surface area contributed by atoms with Crippen molar-refractivity contribution in [3.8, 4) is 0 Å². The number of rotatable bonds is 5. The van der Waals surface area contributed by atoms with E-state index in [0.717, 1.165) is 37.8 Å². The fraction of sp³-hybridized carbons (Fsp3) is 0.929. The number of thiol groups is 1. The topological polar surface area (TPSA) is 23.6 Å². The van der Waals surface area contributed by atoms with Gasteiger partial charge in [0.15, 0.2) is 0 Å². The van der Waals surface area contributed by atoms with Crippen LogP contribution in [-0.2, 0) is 4.79 Å². The van der Waals surface area contributed by atoms with E-state index in [4.69, 9.17) is 0 Å². The van der Waals surface area contributed by atoms with Crippen LogP contribution in [0.15, 0.2) is 0 Å². The molecule has 0 bridgehead atoms. The maximum Gasteiger partial charge on any atom is 0.222 e. The molecule has 0 radical (unpaired) electrons. The van der Waals surface area contributed by atoms with Crippen LogP contribution in [0.4, 0.5) is 0 Å². The molecule has 0 N–H and O–H groups in total. The molecule has 2 aliphatic rings. The lowest BCUT2D eigenvalue weighted by molar-refractivity contribution is -0.127. The Balaban J connectivity index is 1.67. The van der Waals surface area contributed by atoms with Crippen LogP contribution in [0.1, 0.15) is 39.0 Å². The van der Waals surface area contributed by atoms with Crippen molar-refractivity contribution >= 4 is 18.5 Å². The van der Waals surface area contributed by atoms with E-state index in [1.54, 1.807) is 0 Å². The summed E-state index contributed by atoms with van der Waals surface area (Å²) in [4.78, 5) is 16.4. The van der Waals surface area contributed by atoms with Gasteiger partial charge in [-0.05, 0) is 44.4 Å². The summed E-state index contributed by atoms with van der Waals surface area (Å²) in [6, 6.07) is 0.734. The summed E-state index contributed by atoms with van der Waals surface area (Å²) in [5, 5.41) is 0. The lowest BCUT2D eigenvalue weighted by atomic mass is 10.0. The predicted octanol–water partition coefficient (Wildman–Crippen LogP) is 2.03. The second kappa shape index (κ2) is 6.80. The van der Waals surface area contributed by atoms with Crippen LogP contribution in [0.2, 0.25) is 0 Å². The highest BCUT2D eigenvalue weighted by Gasteiger charge is 2.28. The van der Waals surface area contributed by atoms with Gasteiger partial charge in [-0.2, -0.15) is 12.6 Å². The fourth-order valence-corrected chi connectivity index (χ4v) is 3.39. The first-order chi connectivity index (χ1) is 8.70. The van der Waals surface area contributed by atoms with Crippen molar-refractivity contribution in [2.45, 2.75) is 45.1 Å². The molecule has 2 heterocycles. The van der Waals surface area contributed by atoms with Crippen LogP contribution < -0.4 is 0 Å². The molecule has 2 rings (SSSR count). The van der Waals surface area contributed by atoms with Gasteiger partial charge in [0.2, 0.25) is 5.91 Å². The van der Waals surface area contributed by atoms with Gasteiger partial charge in [0, 0.05) is 32.1 Å². The molecule has 2 unspecified atom stereocenters. The second-order valence-corrected chi connectivity index (χ2v) is 6.19. The van der Waals surface area contributed by atoms with Crippen molar-refractivity contribution in [2.24, 2.45) is 5.92 Å². The molecule has 18 heavy (non-hydrogen) atoms. The van der Waals surface area contributed by atoms with Gasteiger partial charge in [-0.25, -0.2) is 0 Å². The Kier molecular flexibility index (Phi) is 5.37. The number of nitrogens with zero attached hydrogens (tertiary/aromatic N) is 2. The normalized spacial score (nSPS) is 30.1. The summed E-state index contributed by atoms with van der Waals surface area (Å²) in [5.41, 5.74) is 0. The van der Waals surface area contributed by atoms with Crippen molar-refractivity contribution < 1.29 is 4.79 Å². The third-order valence-corrected chi connectivity index (χ3v) is 4.88. The van der Waals surface area contributed by atoms with Gasteiger partial charge in [-0.15, -0.1) is 0 Å². The van der Waals surface area contributed by atoms with E-state index < -0.39 is 0 Å². The molecule has 2 atom stereocenters. The zero-order valence-electron chi connectivity index (χ0n) is 11.5. The summed E-state index contributed by atoms with van der Waals surface area (Å²) < 4.78 is 0. The van der Waals surface area contributed by atoms with E-state index >= 15 is 0 Å². The third-order valence-electron chi connectivity index (χ3n) is 4.37. The SMILES string of the molecule is CC1CCCCN1CCCN1CC(CS)CC1=O. The Bertz CT molecular complexity index is 285. The maximum absolute atomic E-state index is 11.8. The minimum atomic E-state index is 0.334. The standard InChI is InChI=1S/C14H26N2OS/c1-12-5-2-3-6-15(12)7-4-8-16-10-13(11-18)9-14(16)17/h12-13,18H,2-11H2,1H3. The molecule has 0 spiro atoms. The number of likely N-dealkylation sites (tertiary alicyclic amines) is 2.